The van der Waals surface area contributed by atoms with Crippen LogP contribution in [0.1, 0.15) is 23.6 Å². The van der Waals surface area contributed by atoms with Crippen molar-refractivity contribution in [1.82, 2.24) is 14.5 Å². The Morgan fingerprint density at radius 2 is 1.96 bits per heavy atom. The summed E-state index contributed by atoms with van der Waals surface area (Å²) >= 11 is 0. The number of halogens is 2. The van der Waals surface area contributed by atoms with E-state index in [9.17, 15) is 13.6 Å². The van der Waals surface area contributed by atoms with Crippen molar-refractivity contribution < 1.29 is 13.6 Å². The predicted molar refractivity (Wildman–Crippen MR) is 82.8 cm³/mol. The largest absolute Gasteiger partial charge is 0.310 e. The molecule has 3 aromatic rings. The summed E-state index contributed by atoms with van der Waals surface area (Å²) in [6.45, 7) is 0. The molecule has 0 saturated carbocycles. The lowest BCUT2D eigenvalue weighted by molar-refractivity contribution is -0.116. The maximum atomic E-state index is 14.2. The van der Waals surface area contributed by atoms with Crippen LogP contribution in [0.4, 0.5) is 14.6 Å². The van der Waals surface area contributed by atoms with Gasteiger partial charge in [0.05, 0.1) is 17.6 Å². The van der Waals surface area contributed by atoms with Crippen molar-refractivity contribution >= 4 is 11.7 Å². The second kappa shape index (κ2) is 5.52. The van der Waals surface area contributed by atoms with Crippen LogP contribution < -0.4 is 5.32 Å². The average molecular weight is 326 g/mol. The fourth-order valence-electron chi connectivity index (χ4n) is 2.98. The van der Waals surface area contributed by atoms with Gasteiger partial charge < -0.3 is 5.32 Å². The molecule has 0 saturated heterocycles. The third kappa shape index (κ3) is 2.25. The fraction of sp³-hybridized carbons (Fsp3) is 0.118. The number of hydrogen-bond acceptors (Lipinski definition) is 3. The number of nitrogens with zero attached hydrogens (tertiary/aromatic N) is 3. The molecule has 1 amide bonds. The van der Waals surface area contributed by atoms with E-state index in [1.807, 2.05) is 0 Å². The Bertz CT molecular complexity index is 903. The van der Waals surface area contributed by atoms with Gasteiger partial charge in [-0.15, -0.1) is 0 Å². The van der Waals surface area contributed by atoms with Gasteiger partial charge in [-0.1, -0.05) is 6.07 Å². The number of amides is 1. The van der Waals surface area contributed by atoms with Crippen molar-refractivity contribution in [3.8, 4) is 5.69 Å². The van der Waals surface area contributed by atoms with Gasteiger partial charge >= 0.3 is 0 Å². The Labute approximate surface area is 136 Å². The summed E-state index contributed by atoms with van der Waals surface area (Å²) in [5.41, 5.74) is 0.994. The van der Waals surface area contributed by atoms with Crippen molar-refractivity contribution in [1.29, 1.82) is 0 Å². The molecular formula is C17H12F2N4O. The molecular weight excluding hydrogens is 314 g/mol. The lowest BCUT2D eigenvalue weighted by atomic mass is 9.89. The van der Waals surface area contributed by atoms with E-state index in [4.69, 9.17) is 0 Å². The van der Waals surface area contributed by atoms with E-state index < -0.39 is 17.6 Å². The highest BCUT2D eigenvalue weighted by atomic mass is 19.1. The van der Waals surface area contributed by atoms with E-state index in [2.05, 4.69) is 15.3 Å². The van der Waals surface area contributed by atoms with E-state index >= 15 is 0 Å². The summed E-state index contributed by atoms with van der Waals surface area (Å²) in [6, 6.07) is 7.21. The Morgan fingerprint density at radius 1 is 1.17 bits per heavy atom. The summed E-state index contributed by atoms with van der Waals surface area (Å²) < 4.78 is 30.0. The molecule has 7 heteroatoms. The van der Waals surface area contributed by atoms with E-state index in [0.29, 0.717) is 17.2 Å². The van der Waals surface area contributed by atoms with Crippen molar-refractivity contribution in [2.24, 2.45) is 0 Å². The van der Waals surface area contributed by atoms with Gasteiger partial charge in [0, 0.05) is 24.1 Å². The molecule has 5 nitrogen and oxygen atoms in total. The molecule has 0 unspecified atom stereocenters. The quantitative estimate of drug-likeness (QED) is 0.787. The second-order valence-electron chi connectivity index (χ2n) is 5.50. The Hall–Kier alpha value is -3.09. The van der Waals surface area contributed by atoms with Crippen molar-refractivity contribution in [2.45, 2.75) is 12.3 Å². The van der Waals surface area contributed by atoms with Crippen molar-refractivity contribution in [3.05, 3.63) is 71.9 Å². The van der Waals surface area contributed by atoms with Crippen LogP contribution in [0.2, 0.25) is 0 Å². The Morgan fingerprint density at radius 3 is 2.67 bits per heavy atom. The first kappa shape index (κ1) is 14.5. The van der Waals surface area contributed by atoms with Crippen LogP contribution in [0, 0.1) is 11.6 Å². The van der Waals surface area contributed by atoms with Gasteiger partial charge in [-0.2, -0.15) is 0 Å². The molecule has 4 rings (SSSR count). The van der Waals surface area contributed by atoms with E-state index in [1.165, 1.54) is 24.5 Å². The van der Waals surface area contributed by atoms with Gasteiger partial charge in [-0.05, 0) is 24.3 Å². The van der Waals surface area contributed by atoms with Gasteiger partial charge in [0.2, 0.25) is 5.91 Å². The van der Waals surface area contributed by atoms with Crippen molar-refractivity contribution in [3.63, 3.8) is 0 Å². The monoisotopic (exact) mass is 326 g/mol. The summed E-state index contributed by atoms with van der Waals surface area (Å²) in [7, 11) is 0. The van der Waals surface area contributed by atoms with E-state index in [0.717, 1.165) is 0 Å². The number of rotatable bonds is 2. The molecule has 1 aliphatic heterocycles. The third-order valence-electron chi connectivity index (χ3n) is 4.05. The molecule has 1 N–H and O–H groups in total. The number of hydrogen-bond donors (Lipinski definition) is 1. The Kier molecular flexibility index (Phi) is 3.34. The normalized spacial score (nSPS) is 16.6. The first-order chi connectivity index (χ1) is 11.6. The van der Waals surface area contributed by atoms with Gasteiger partial charge in [-0.3, -0.25) is 14.3 Å². The molecule has 1 atom stereocenters. The number of aromatic nitrogens is 3. The van der Waals surface area contributed by atoms with Gasteiger partial charge in [0.15, 0.2) is 0 Å². The van der Waals surface area contributed by atoms with Gasteiger partial charge in [0.1, 0.15) is 23.8 Å². The zero-order valence-electron chi connectivity index (χ0n) is 12.4. The molecule has 0 radical (unpaired) electrons. The summed E-state index contributed by atoms with van der Waals surface area (Å²) in [5.74, 6) is -2.05. The fourth-order valence-corrected chi connectivity index (χ4v) is 2.98. The lowest BCUT2D eigenvalue weighted by Gasteiger charge is -2.23. The van der Waals surface area contributed by atoms with Gasteiger partial charge in [-0.25, -0.2) is 13.8 Å². The number of imidazole rings is 1. The molecule has 3 heterocycles. The molecule has 1 aliphatic rings. The van der Waals surface area contributed by atoms with Crippen LogP contribution in [0.25, 0.3) is 5.69 Å². The minimum absolute atomic E-state index is 0.0606. The molecule has 2 aromatic heterocycles. The maximum absolute atomic E-state index is 14.2. The highest BCUT2D eigenvalue weighted by Crippen LogP contribution is 2.39. The zero-order chi connectivity index (χ0) is 16.7. The minimum atomic E-state index is -0.770. The zero-order valence-corrected chi connectivity index (χ0v) is 12.4. The van der Waals surface area contributed by atoms with E-state index in [1.54, 1.807) is 29.1 Å². The topological polar surface area (TPSA) is 59.8 Å². The first-order valence-electron chi connectivity index (χ1n) is 7.36. The average Bonchev–Trinajstić information content (AvgIpc) is 2.99. The smallest absolute Gasteiger partial charge is 0.226 e. The molecule has 1 aromatic carbocycles. The predicted octanol–water partition coefficient (Wildman–Crippen LogP) is 3.02. The molecule has 0 aliphatic carbocycles. The highest BCUT2D eigenvalue weighted by molar-refractivity contribution is 5.94. The molecule has 120 valence electrons. The van der Waals surface area contributed by atoms with Crippen molar-refractivity contribution in [2.75, 3.05) is 5.32 Å². The number of carbonyl (C=O) groups is 1. The summed E-state index contributed by atoms with van der Waals surface area (Å²) in [6.07, 6.45) is 4.69. The number of pyridine rings is 1. The number of carbonyl (C=O) groups excluding carboxylic acids is 1. The van der Waals surface area contributed by atoms with Crippen LogP contribution >= 0.6 is 0 Å². The van der Waals surface area contributed by atoms with Crippen LogP contribution in [0.3, 0.4) is 0 Å². The summed E-state index contributed by atoms with van der Waals surface area (Å²) in [5, 5.41) is 2.73. The third-order valence-corrected chi connectivity index (χ3v) is 4.05. The maximum Gasteiger partial charge on any atom is 0.226 e. The van der Waals surface area contributed by atoms with Crippen LogP contribution in [0.15, 0.2) is 49.1 Å². The van der Waals surface area contributed by atoms with E-state index in [-0.39, 0.29) is 17.9 Å². The number of benzene rings is 1. The second-order valence-corrected chi connectivity index (χ2v) is 5.50. The summed E-state index contributed by atoms with van der Waals surface area (Å²) in [4.78, 5) is 20.4. The van der Waals surface area contributed by atoms with Crippen LogP contribution in [0.5, 0.6) is 0 Å². The molecule has 0 fully saturated rings. The lowest BCUT2D eigenvalue weighted by Crippen LogP contribution is -2.26. The Balaban J connectivity index is 1.88. The molecule has 0 spiro atoms. The number of nitrogens with one attached hydrogen (secondary N) is 1. The van der Waals surface area contributed by atoms with Crippen LogP contribution in [-0.4, -0.2) is 20.4 Å². The standard InChI is InChI=1S/C17H12F2N4O/c18-12-4-1-5-13(19)15(12)11-7-14(24)22-17-16(11)21-9-23(17)10-3-2-6-20-8-10/h1-6,8-9,11H,7H2,(H,22,24)/t11-/m0/s1. The SMILES string of the molecule is O=C1C[C@@H](c2c(F)cccc2F)c2ncn(-c3cccnc3)c2N1. The number of anilines is 1. The first-order valence-corrected chi connectivity index (χ1v) is 7.36. The molecule has 0 bridgehead atoms. The number of fused-ring (bicyclic) bond motifs is 1. The highest BCUT2D eigenvalue weighted by Gasteiger charge is 2.34. The van der Waals surface area contributed by atoms with Crippen LogP contribution in [-0.2, 0) is 4.79 Å². The van der Waals surface area contributed by atoms with Gasteiger partial charge in [0.25, 0.3) is 0 Å². The molecule has 24 heavy (non-hydrogen) atoms. The minimum Gasteiger partial charge on any atom is -0.310 e.